The number of aromatic nitrogens is 4. The van der Waals surface area contributed by atoms with Crippen molar-refractivity contribution in [1.82, 2.24) is 19.7 Å². The maximum Gasteiger partial charge on any atom is 0.141 e. The summed E-state index contributed by atoms with van der Waals surface area (Å²) in [4.78, 5) is 9.44. The van der Waals surface area contributed by atoms with Crippen LogP contribution in [0.25, 0.3) is 33.1 Å². The molecule has 6 nitrogen and oxygen atoms in total. The topological polar surface area (TPSA) is 66.0 Å². The van der Waals surface area contributed by atoms with Crippen LogP contribution in [-0.4, -0.2) is 32.9 Å². The average molecular weight is 439 g/mol. The third-order valence-corrected chi connectivity index (χ3v) is 6.90. The first-order valence-corrected chi connectivity index (χ1v) is 11.5. The molecule has 1 aliphatic rings. The van der Waals surface area contributed by atoms with Crippen LogP contribution in [0, 0.1) is 19.8 Å². The first kappa shape index (κ1) is 20.1. The Morgan fingerprint density at radius 2 is 1.82 bits per heavy atom. The zero-order valence-corrected chi connectivity index (χ0v) is 18.9. The maximum absolute atomic E-state index is 5.72. The van der Waals surface area contributed by atoms with Crippen LogP contribution in [0.5, 0.6) is 0 Å². The van der Waals surface area contributed by atoms with Gasteiger partial charge in [0.05, 0.1) is 34.5 Å². The summed E-state index contributed by atoms with van der Waals surface area (Å²) < 4.78 is 13.6. The second-order valence-corrected chi connectivity index (χ2v) is 8.86. The molecule has 0 spiro atoms. The molecule has 1 aromatic carbocycles. The Balaban J connectivity index is 1.65. The van der Waals surface area contributed by atoms with Crippen LogP contribution < -0.4 is 0 Å². The first-order chi connectivity index (χ1) is 16.2. The van der Waals surface area contributed by atoms with E-state index in [9.17, 15) is 0 Å². The van der Waals surface area contributed by atoms with Gasteiger partial charge in [-0.05, 0) is 50.3 Å². The molecule has 0 radical (unpaired) electrons. The molecule has 5 aromatic rings. The van der Waals surface area contributed by atoms with Crippen LogP contribution in [0.2, 0.25) is 0 Å². The SMILES string of the molecule is Cc1noc(C)c1-c1cnc2c3ccncc3n(C(c3ccccc3)C3CCOCC3)c2c1. The van der Waals surface area contributed by atoms with Crippen LogP contribution in [0.4, 0.5) is 0 Å². The fourth-order valence-electron chi connectivity index (χ4n) is 5.40. The van der Waals surface area contributed by atoms with E-state index in [-0.39, 0.29) is 6.04 Å². The Kier molecular flexibility index (Phi) is 4.95. The smallest absolute Gasteiger partial charge is 0.141 e. The van der Waals surface area contributed by atoms with Gasteiger partial charge in [-0.1, -0.05) is 35.5 Å². The average Bonchev–Trinajstić information content (AvgIpc) is 3.37. The fourth-order valence-corrected chi connectivity index (χ4v) is 5.40. The molecule has 1 saturated heterocycles. The molecule has 0 saturated carbocycles. The highest BCUT2D eigenvalue weighted by Crippen LogP contribution is 2.41. The number of hydrogen-bond donors (Lipinski definition) is 0. The van der Waals surface area contributed by atoms with E-state index in [2.05, 4.69) is 57.2 Å². The van der Waals surface area contributed by atoms with Gasteiger partial charge in [0.1, 0.15) is 5.76 Å². The molecular formula is C27H26N4O2. The maximum atomic E-state index is 5.72. The van der Waals surface area contributed by atoms with E-state index in [4.69, 9.17) is 14.2 Å². The molecule has 0 N–H and O–H groups in total. The van der Waals surface area contributed by atoms with Crippen LogP contribution in [-0.2, 0) is 4.74 Å². The zero-order chi connectivity index (χ0) is 22.4. The molecule has 166 valence electrons. The molecule has 1 atom stereocenters. The molecular weight excluding hydrogens is 412 g/mol. The van der Waals surface area contributed by atoms with E-state index >= 15 is 0 Å². The van der Waals surface area contributed by atoms with Gasteiger partial charge in [0.15, 0.2) is 0 Å². The van der Waals surface area contributed by atoms with E-state index in [1.807, 2.05) is 32.4 Å². The summed E-state index contributed by atoms with van der Waals surface area (Å²) >= 11 is 0. The number of ether oxygens (including phenoxy) is 1. The van der Waals surface area contributed by atoms with Crippen molar-refractivity contribution in [2.45, 2.75) is 32.7 Å². The number of aryl methyl sites for hydroxylation is 2. The lowest BCUT2D eigenvalue weighted by Gasteiger charge is -2.33. The number of pyridine rings is 2. The predicted molar refractivity (Wildman–Crippen MR) is 128 cm³/mol. The van der Waals surface area contributed by atoms with Gasteiger partial charge in [0.25, 0.3) is 0 Å². The number of rotatable bonds is 4. The largest absolute Gasteiger partial charge is 0.381 e. The summed E-state index contributed by atoms with van der Waals surface area (Å²) in [7, 11) is 0. The Hall–Kier alpha value is -3.51. The van der Waals surface area contributed by atoms with Crippen molar-refractivity contribution in [3.05, 3.63) is 78.1 Å². The van der Waals surface area contributed by atoms with E-state index < -0.39 is 0 Å². The molecule has 1 unspecified atom stereocenters. The number of hydrogen-bond acceptors (Lipinski definition) is 5. The fraction of sp³-hybridized carbons (Fsp3) is 0.296. The first-order valence-electron chi connectivity index (χ1n) is 11.5. The lowest BCUT2D eigenvalue weighted by Crippen LogP contribution is -2.26. The Morgan fingerprint density at radius 1 is 1.00 bits per heavy atom. The number of benzene rings is 1. The van der Waals surface area contributed by atoms with Crippen molar-refractivity contribution in [2.75, 3.05) is 13.2 Å². The molecule has 0 aliphatic carbocycles. The summed E-state index contributed by atoms with van der Waals surface area (Å²) in [6.45, 7) is 5.52. The number of nitrogens with zero attached hydrogens (tertiary/aromatic N) is 4. The lowest BCUT2D eigenvalue weighted by atomic mass is 9.86. The standard InChI is InChI=1S/C27H26N4O2/c1-17-25(18(2)33-30-17)21-14-23-26(29-15-21)22-8-11-28-16-24(22)31(23)27(19-6-4-3-5-7-19)20-9-12-32-13-10-20/h3-8,11,14-16,20,27H,9-10,12-13H2,1-2H3. The van der Waals surface area contributed by atoms with Crippen LogP contribution in [0.3, 0.4) is 0 Å². The van der Waals surface area contributed by atoms with Crippen LogP contribution in [0.1, 0.15) is 35.9 Å². The summed E-state index contributed by atoms with van der Waals surface area (Å²) in [5, 5.41) is 5.28. The van der Waals surface area contributed by atoms with Crippen molar-refractivity contribution in [2.24, 2.45) is 5.92 Å². The van der Waals surface area contributed by atoms with Gasteiger partial charge in [-0.3, -0.25) is 9.97 Å². The van der Waals surface area contributed by atoms with Gasteiger partial charge >= 0.3 is 0 Å². The minimum absolute atomic E-state index is 0.168. The molecule has 0 bridgehead atoms. The monoisotopic (exact) mass is 438 g/mol. The van der Waals surface area contributed by atoms with Gasteiger partial charge in [-0.25, -0.2) is 0 Å². The Morgan fingerprint density at radius 3 is 2.58 bits per heavy atom. The Labute approximate surface area is 192 Å². The highest BCUT2D eigenvalue weighted by molar-refractivity contribution is 6.06. The molecule has 5 heterocycles. The molecule has 4 aromatic heterocycles. The third kappa shape index (κ3) is 3.33. The summed E-state index contributed by atoms with van der Waals surface area (Å²) in [6, 6.07) is 15.3. The second kappa shape index (κ2) is 8.12. The van der Waals surface area contributed by atoms with E-state index in [0.717, 1.165) is 70.6 Å². The van der Waals surface area contributed by atoms with Crippen molar-refractivity contribution < 1.29 is 9.26 Å². The number of fused-ring (bicyclic) bond motifs is 3. The quantitative estimate of drug-likeness (QED) is 0.351. The predicted octanol–water partition coefficient (Wildman–Crippen LogP) is 5.87. The Bertz CT molecular complexity index is 1410. The molecule has 33 heavy (non-hydrogen) atoms. The van der Waals surface area contributed by atoms with Crippen molar-refractivity contribution >= 4 is 21.9 Å². The summed E-state index contributed by atoms with van der Waals surface area (Å²) in [5.74, 6) is 1.27. The highest BCUT2D eigenvalue weighted by atomic mass is 16.5. The zero-order valence-electron chi connectivity index (χ0n) is 18.9. The minimum atomic E-state index is 0.168. The molecule has 6 heteroatoms. The summed E-state index contributed by atoms with van der Waals surface area (Å²) in [5.41, 5.74) is 7.43. The molecule has 6 rings (SSSR count). The van der Waals surface area contributed by atoms with Gasteiger partial charge in [0.2, 0.25) is 0 Å². The van der Waals surface area contributed by atoms with Gasteiger partial charge in [-0.15, -0.1) is 0 Å². The van der Waals surface area contributed by atoms with Gasteiger partial charge in [0, 0.05) is 42.1 Å². The molecule has 1 aliphatic heterocycles. The highest BCUT2D eigenvalue weighted by Gasteiger charge is 2.30. The summed E-state index contributed by atoms with van der Waals surface area (Å²) in [6.07, 6.45) is 7.81. The molecule has 1 fully saturated rings. The van der Waals surface area contributed by atoms with E-state index in [1.165, 1.54) is 5.56 Å². The van der Waals surface area contributed by atoms with Crippen molar-refractivity contribution in [3.8, 4) is 11.1 Å². The van der Waals surface area contributed by atoms with Gasteiger partial charge < -0.3 is 13.8 Å². The van der Waals surface area contributed by atoms with Crippen LogP contribution >= 0.6 is 0 Å². The lowest BCUT2D eigenvalue weighted by molar-refractivity contribution is 0.0553. The molecule has 0 amide bonds. The second-order valence-electron chi connectivity index (χ2n) is 8.86. The van der Waals surface area contributed by atoms with Gasteiger partial charge in [-0.2, -0.15) is 0 Å². The van der Waals surface area contributed by atoms with Crippen LogP contribution in [0.15, 0.2) is 65.6 Å². The van der Waals surface area contributed by atoms with E-state index in [1.54, 1.807) is 0 Å². The third-order valence-electron chi connectivity index (χ3n) is 6.90. The van der Waals surface area contributed by atoms with E-state index in [0.29, 0.717) is 5.92 Å². The van der Waals surface area contributed by atoms with Crippen molar-refractivity contribution in [1.29, 1.82) is 0 Å². The normalized spacial score (nSPS) is 15.9. The minimum Gasteiger partial charge on any atom is -0.381 e. The van der Waals surface area contributed by atoms with Crippen molar-refractivity contribution in [3.63, 3.8) is 0 Å².